The molecule has 23 heavy (non-hydrogen) atoms. The quantitative estimate of drug-likeness (QED) is 0.795. The number of para-hydroxylation sites is 2. The molecule has 0 heterocycles. The van der Waals surface area contributed by atoms with Crippen molar-refractivity contribution in [2.75, 3.05) is 23.3 Å². The molecule has 1 aromatic carbocycles. The molecule has 1 rings (SSSR count). The summed E-state index contributed by atoms with van der Waals surface area (Å²) >= 11 is 0. The van der Waals surface area contributed by atoms with Gasteiger partial charge in [0.1, 0.15) is 12.1 Å². The van der Waals surface area contributed by atoms with E-state index in [4.69, 9.17) is 10.5 Å². The second-order valence-corrected chi connectivity index (χ2v) is 5.97. The minimum Gasteiger partial charge on any atom is -0.459 e. The van der Waals surface area contributed by atoms with Crippen molar-refractivity contribution in [3.05, 3.63) is 24.3 Å². The van der Waals surface area contributed by atoms with E-state index in [1.807, 2.05) is 0 Å². The fourth-order valence-electron chi connectivity index (χ4n) is 1.93. The highest BCUT2D eigenvalue weighted by Crippen LogP contribution is 2.26. The summed E-state index contributed by atoms with van der Waals surface area (Å²) in [4.78, 5) is 36.7. The van der Waals surface area contributed by atoms with Crippen LogP contribution in [0.15, 0.2) is 24.3 Å². The Morgan fingerprint density at radius 1 is 1.22 bits per heavy atom. The molecule has 0 unspecified atom stereocenters. The van der Waals surface area contributed by atoms with Gasteiger partial charge in [-0.2, -0.15) is 0 Å². The third-order valence-electron chi connectivity index (χ3n) is 2.69. The van der Waals surface area contributed by atoms with Crippen LogP contribution in [0.5, 0.6) is 0 Å². The van der Waals surface area contributed by atoms with Gasteiger partial charge in [-0.25, -0.2) is 0 Å². The number of ether oxygens (including phenoxy) is 1. The normalized spacial score (nSPS) is 10.8. The molecular formula is C16H23N3O4. The van der Waals surface area contributed by atoms with Crippen LogP contribution in [0.4, 0.5) is 11.4 Å². The summed E-state index contributed by atoms with van der Waals surface area (Å²) in [5, 5.41) is 2.63. The van der Waals surface area contributed by atoms with Gasteiger partial charge >= 0.3 is 5.97 Å². The van der Waals surface area contributed by atoms with Gasteiger partial charge < -0.3 is 15.8 Å². The Morgan fingerprint density at radius 3 is 2.35 bits per heavy atom. The van der Waals surface area contributed by atoms with Gasteiger partial charge in [0, 0.05) is 6.92 Å². The lowest BCUT2D eigenvalue weighted by atomic mass is 10.2. The molecule has 0 aliphatic heterocycles. The SMILES string of the molecule is CC(=O)Nc1ccccc1N(CC(=O)OC(C)(C)C)C(=O)CN. The first-order valence-electron chi connectivity index (χ1n) is 7.23. The Bertz CT molecular complexity index is 593. The van der Waals surface area contributed by atoms with Crippen LogP contribution in [-0.4, -0.2) is 36.5 Å². The summed E-state index contributed by atoms with van der Waals surface area (Å²) in [6.07, 6.45) is 0. The first kappa shape index (κ1) is 18.6. The van der Waals surface area contributed by atoms with Gasteiger partial charge in [-0.05, 0) is 32.9 Å². The average Bonchev–Trinajstić information content (AvgIpc) is 2.42. The third kappa shape index (κ3) is 6.07. The zero-order valence-corrected chi connectivity index (χ0v) is 13.9. The fraction of sp³-hybridized carbons (Fsp3) is 0.438. The van der Waals surface area contributed by atoms with Gasteiger partial charge in [0.2, 0.25) is 11.8 Å². The Kier molecular flexibility index (Phi) is 6.27. The van der Waals surface area contributed by atoms with Crippen LogP contribution in [0.3, 0.4) is 0 Å². The number of anilines is 2. The van der Waals surface area contributed by atoms with Crippen LogP contribution in [0.1, 0.15) is 27.7 Å². The predicted octanol–water partition coefficient (Wildman–Crippen LogP) is 1.28. The number of nitrogens with two attached hydrogens (primary N) is 1. The molecule has 0 saturated carbocycles. The van der Waals surface area contributed by atoms with Crippen molar-refractivity contribution >= 4 is 29.2 Å². The summed E-state index contributed by atoms with van der Waals surface area (Å²) < 4.78 is 5.24. The topological polar surface area (TPSA) is 102 Å². The molecule has 7 nitrogen and oxygen atoms in total. The van der Waals surface area contributed by atoms with Crippen LogP contribution in [0.25, 0.3) is 0 Å². The number of nitrogens with zero attached hydrogens (tertiary/aromatic N) is 1. The zero-order valence-electron chi connectivity index (χ0n) is 13.9. The molecule has 3 N–H and O–H groups in total. The van der Waals surface area contributed by atoms with Crippen LogP contribution in [0, 0.1) is 0 Å². The first-order valence-corrected chi connectivity index (χ1v) is 7.23. The number of hydrogen-bond acceptors (Lipinski definition) is 5. The van der Waals surface area contributed by atoms with Gasteiger partial charge in [-0.1, -0.05) is 12.1 Å². The average molecular weight is 321 g/mol. The number of hydrogen-bond donors (Lipinski definition) is 2. The molecule has 0 atom stereocenters. The second kappa shape index (κ2) is 7.73. The summed E-state index contributed by atoms with van der Waals surface area (Å²) in [6.45, 7) is 6.03. The van der Waals surface area contributed by atoms with E-state index < -0.39 is 17.5 Å². The van der Waals surface area contributed by atoms with E-state index in [0.717, 1.165) is 0 Å². The van der Waals surface area contributed by atoms with Crippen molar-refractivity contribution in [1.29, 1.82) is 0 Å². The number of carbonyl (C=O) groups excluding carboxylic acids is 3. The number of rotatable bonds is 5. The Labute approximate surface area is 135 Å². The molecule has 0 aliphatic rings. The zero-order chi connectivity index (χ0) is 17.6. The van der Waals surface area contributed by atoms with Gasteiger partial charge in [-0.15, -0.1) is 0 Å². The van der Waals surface area contributed by atoms with E-state index in [0.29, 0.717) is 11.4 Å². The van der Waals surface area contributed by atoms with Crippen LogP contribution < -0.4 is 16.0 Å². The Hall–Kier alpha value is -2.41. The Balaban J connectivity index is 3.10. The van der Waals surface area contributed by atoms with Crippen molar-refractivity contribution in [2.45, 2.75) is 33.3 Å². The lowest BCUT2D eigenvalue weighted by Gasteiger charge is -2.26. The van der Waals surface area contributed by atoms with Gasteiger partial charge in [-0.3, -0.25) is 19.3 Å². The van der Waals surface area contributed by atoms with E-state index in [2.05, 4.69) is 5.32 Å². The molecular weight excluding hydrogens is 298 g/mol. The number of carbonyl (C=O) groups is 3. The second-order valence-electron chi connectivity index (χ2n) is 5.97. The van der Waals surface area contributed by atoms with E-state index in [9.17, 15) is 14.4 Å². The third-order valence-corrected chi connectivity index (χ3v) is 2.69. The highest BCUT2D eigenvalue weighted by atomic mass is 16.6. The van der Waals surface area contributed by atoms with Crippen LogP contribution in [0.2, 0.25) is 0 Å². The van der Waals surface area contributed by atoms with E-state index in [1.54, 1.807) is 45.0 Å². The van der Waals surface area contributed by atoms with Crippen LogP contribution >= 0.6 is 0 Å². The largest absolute Gasteiger partial charge is 0.459 e. The molecule has 0 saturated heterocycles. The minimum atomic E-state index is -0.661. The predicted molar refractivity (Wildman–Crippen MR) is 88.0 cm³/mol. The number of esters is 1. The van der Waals surface area contributed by atoms with Crippen molar-refractivity contribution in [2.24, 2.45) is 5.73 Å². The minimum absolute atomic E-state index is 0.267. The molecule has 0 aliphatic carbocycles. The molecule has 0 fully saturated rings. The molecule has 0 aromatic heterocycles. The van der Waals surface area contributed by atoms with Crippen molar-refractivity contribution in [3.63, 3.8) is 0 Å². The standard InChI is InChI=1S/C16H23N3O4/c1-11(20)18-12-7-5-6-8-13(12)19(14(21)9-17)10-15(22)23-16(2,3)4/h5-8H,9-10,17H2,1-4H3,(H,18,20). The maximum atomic E-state index is 12.1. The smallest absolute Gasteiger partial charge is 0.326 e. The van der Waals surface area contributed by atoms with E-state index >= 15 is 0 Å². The maximum Gasteiger partial charge on any atom is 0.326 e. The highest BCUT2D eigenvalue weighted by Gasteiger charge is 2.24. The summed E-state index contributed by atoms with van der Waals surface area (Å²) in [5.74, 6) is -1.29. The highest BCUT2D eigenvalue weighted by molar-refractivity contribution is 6.03. The molecule has 0 bridgehead atoms. The summed E-state index contributed by atoms with van der Waals surface area (Å²) in [5.41, 5.74) is 5.59. The fourth-order valence-corrected chi connectivity index (χ4v) is 1.93. The molecule has 126 valence electrons. The molecule has 7 heteroatoms. The summed E-state index contributed by atoms with van der Waals surface area (Å²) in [6, 6.07) is 6.69. The molecule has 2 amide bonds. The number of nitrogens with one attached hydrogen (secondary N) is 1. The van der Waals surface area contributed by atoms with Gasteiger partial charge in [0.05, 0.1) is 17.9 Å². The summed E-state index contributed by atoms with van der Waals surface area (Å²) in [7, 11) is 0. The Morgan fingerprint density at radius 2 is 1.83 bits per heavy atom. The van der Waals surface area contributed by atoms with Gasteiger partial charge in [0.15, 0.2) is 0 Å². The number of amides is 2. The molecule has 1 aromatic rings. The lowest BCUT2D eigenvalue weighted by molar-refractivity contribution is -0.153. The van der Waals surface area contributed by atoms with Crippen molar-refractivity contribution in [3.8, 4) is 0 Å². The lowest BCUT2D eigenvalue weighted by Crippen LogP contribution is -2.42. The van der Waals surface area contributed by atoms with E-state index in [1.165, 1.54) is 11.8 Å². The van der Waals surface area contributed by atoms with Crippen molar-refractivity contribution in [1.82, 2.24) is 0 Å². The van der Waals surface area contributed by atoms with Crippen LogP contribution in [-0.2, 0) is 19.1 Å². The number of benzene rings is 1. The van der Waals surface area contributed by atoms with E-state index in [-0.39, 0.29) is 19.0 Å². The van der Waals surface area contributed by atoms with Crippen molar-refractivity contribution < 1.29 is 19.1 Å². The van der Waals surface area contributed by atoms with Gasteiger partial charge in [0.25, 0.3) is 0 Å². The first-order chi connectivity index (χ1) is 10.6. The maximum absolute atomic E-state index is 12.1. The monoisotopic (exact) mass is 321 g/mol. The molecule has 0 spiro atoms. The molecule has 0 radical (unpaired) electrons.